The summed E-state index contributed by atoms with van der Waals surface area (Å²) in [5, 5.41) is 0. The van der Waals surface area contributed by atoms with Crippen molar-refractivity contribution in [3.05, 3.63) is 0 Å². The maximum atomic E-state index is 12.2. The Morgan fingerprint density at radius 2 is 1.83 bits per heavy atom. The Bertz CT molecular complexity index is 304. The SMILES string of the molecule is CC(C)(N)CCC(=O)N(CC(N)=O)C1CCCC1. The van der Waals surface area contributed by atoms with E-state index in [-0.39, 0.29) is 24.0 Å². The molecule has 104 valence electrons. The molecule has 5 heteroatoms. The molecule has 0 aromatic heterocycles. The summed E-state index contributed by atoms with van der Waals surface area (Å²) in [7, 11) is 0. The van der Waals surface area contributed by atoms with Crippen molar-refractivity contribution in [1.82, 2.24) is 4.90 Å². The highest BCUT2D eigenvalue weighted by Crippen LogP contribution is 2.24. The molecule has 0 radical (unpaired) electrons. The van der Waals surface area contributed by atoms with Gasteiger partial charge >= 0.3 is 0 Å². The van der Waals surface area contributed by atoms with Gasteiger partial charge in [-0.1, -0.05) is 12.8 Å². The molecule has 4 N–H and O–H groups in total. The molecule has 0 atom stereocenters. The monoisotopic (exact) mass is 255 g/mol. The van der Waals surface area contributed by atoms with Crippen molar-refractivity contribution in [3.63, 3.8) is 0 Å². The first-order valence-electron chi connectivity index (χ1n) is 6.66. The van der Waals surface area contributed by atoms with E-state index in [4.69, 9.17) is 11.5 Å². The molecule has 1 aliphatic rings. The number of nitrogens with zero attached hydrogens (tertiary/aromatic N) is 1. The number of hydrogen-bond acceptors (Lipinski definition) is 3. The lowest BCUT2D eigenvalue weighted by Crippen LogP contribution is -2.45. The van der Waals surface area contributed by atoms with E-state index >= 15 is 0 Å². The highest BCUT2D eigenvalue weighted by Gasteiger charge is 2.28. The number of hydrogen-bond donors (Lipinski definition) is 2. The van der Waals surface area contributed by atoms with Crippen LogP contribution in [0.1, 0.15) is 52.4 Å². The van der Waals surface area contributed by atoms with Crippen molar-refractivity contribution in [2.45, 2.75) is 64.0 Å². The molecule has 0 heterocycles. The molecule has 0 spiro atoms. The molecule has 0 aliphatic heterocycles. The summed E-state index contributed by atoms with van der Waals surface area (Å²) in [6.45, 7) is 3.83. The van der Waals surface area contributed by atoms with Gasteiger partial charge in [0, 0.05) is 18.0 Å². The van der Waals surface area contributed by atoms with Gasteiger partial charge in [0.2, 0.25) is 11.8 Å². The van der Waals surface area contributed by atoms with Crippen LogP contribution in [-0.2, 0) is 9.59 Å². The molecule has 1 rings (SSSR count). The van der Waals surface area contributed by atoms with Crippen LogP contribution in [0.25, 0.3) is 0 Å². The quantitative estimate of drug-likeness (QED) is 0.734. The molecular formula is C13H25N3O2. The Balaban J connectivity index is 2.58. The molecule has 0 saturated heterocycles. The molecule has 18 heavy (non-hydrogen) atoms. The summed E-state index contributed by atoms with van der Waals surface area (Å²) >= 11 is 0. The second kappa shape index (κ2) is 6.18. The fourth-order valence-electron chi connectivity index (χ4n) is 2.38. The fraction of sp³-hybridized carbons (Fsp3) is 0.846. The predicted molar refractivity (Wildman–Crippen MR) is 70.7 cm³/mol. The molecule has 1 aliphatic carbocycles. The first-order valence-corrected chi connectivity index (χ1v) is 6.66. The summed E-state index contributed by atoms with van der Waals surface area (Å²) in [6, 6.07) is 0.186. The molecule has 0 aromatic rings. The van der Waals surface area contributed by atoms with Gasteiger partial charge in [0.15, 0.2) is 0 Å². The fourth-order valence-corrected chi connectivity index (χ4v) is 2.38. The standard InChI is InChI=1S/C13H25N3O2/c1-13(2,15)8-7-12(18)16(9-11(14)17)10-5-3-4-6-10/h10H,3-9,15H2,1-2H3,(H2,14,17). The predicted octanol–water partition coefficient (Wildman–Crippen LogP) is 0.760. The van der Waals surface area contributed by atoms with Crippen molar-refractivity contribution < 1.29 is 9.59 Å². The van der Waals surface area contributed by atoms with Crippen molar-refractivity contribution in [1.29, 1.82) is 0 Å². The molecule has 5 nitrogen and oxygen atoms in total. The Morgan fingerprint density at radius 3 is 2.28 bits per heavy atom. The minimum atomic E-state index is -0.442. The van der Waals surface area contributed by atoms with E-state index in [1.54, 1.807) is 4.90 Å². The van der Waals surface area contributed by atoms with Gasteiger partial charge in [0.05, 0.1) is 6.54 Å². The van der Waals surface area contributed by atoms with Crippen LogP contribution in [0.4, 0.5) is 0 Å². The Kier molecular flexibility index (Phi) is 5.14. The summed E-state index contributed by atoms with van der Waals surface area (Å²) in [5.74, 6) is -0.443. The van der Waals surface area contributed by atoms with Crippen molar-refractivity contribution >= 4 is 11.8 Å². The molecule has 0 aromatic carbocycles. The van der Waals surface area contributed by atoms with Crippen molar-refractivity contribution in [3.8, 4) is 0 Å². The van der Waals surface area contributed by atoms with Crippen LogP contribution in [-0.4, -0.2) is 34.8 Å². The van der Waals surface area contributed by atoms with Gasteiger partial charge in [-0.05, 0) is 33.1 Å². The van der Waals surface area contributed by atoms with Crippen molar-refractivity contribution in [2.75, 3.05) is 6.54 Å². The zero-order chi connectivity index (χ0) is 13.8. The molecule has 0 unspecified atom stereocenters. The van der Waals surface area contributed by atoms with Gasteiger partial charge < -0.3 is 16.4 Å². The summed E-state index contributed by atoms with van der Waals surface area (Å²) in [6.07, 6.45) is 5.20. The third-order valence-electron chi connectivity index (χ3n) is 3.40. The largest absolute Gasteiger partial charge is 0.368 e. The van der Waals surface area contributed by atoms with Crippen LogP contribution >= 0.6 is 0 Å². The topological polar surface area (TPSA) is 89.4 Å². The Labute approximate surface area is 109 Å². The maximum absolute atomic E-state index is 12.2. The van der Waals surface area contributed by atoms with Gasteiger partial charge in [0.25, 0.3) is 0 Å². The second-order valence-electron chi connectivity index (χ2n) is 5.91. The van der Waals surface area contributed by atoms with Gasteiger partial charge in [-0.2, -0.15) is 0 Å². The lowest BCUT2D eigenvalue weighted by Gasteiger charge is -2.29. The lowest BCUT2D eigenvalue weighted by atomic mass is 9.99. The lowest BCUT2D eigenvalue weighted by molar-refractivity contribution is -0.137. The third kappa shape index (κ3) is 5.04. The second-order valence-corrected chi connectivity index (χ2v) is 5.91. The first-order chi connectivity index (χ1) is 8.29. The summed E-state index contributed by atoms with van der Waals surface area (Å²) in [5.41, 5.74) is 10.7. The normalized spacial score (nSPS) is 16.8. The number of carbonyl (C=O) groups is 2. The van der Waals surface area contributed by atoms with E-state index in [2.05, 4.69) is 0 Å². The van der Waals surface area contributed by atoms with Crippen LogP contribution in [0.3, 0.4) is 0 Å². The van der Waals surface area contributed by atoms with Gasteiger partial charge in [-0.25, -0.2) is 0 Å². The van der Waals surface area contributed by atoms with E-state index in [9.17, 15) is 9.59 Å². The number of rotatable bonds is 6. The minimum Gasteiger partial charge on any atom is -0.368 e. The Hall–Kier alpha value is -1.10. The van der Waals surface area contributed by atoms with Crippen LogP contribution in [0.2, 0.25) is 0 Å². The number of nitrogens with two attached hydrogens (primary N) is 2. The summed E-state index contributed by atoms with van der Waals surface area (Å²) in [4.78, 5) is 24.9. The van der Waals surface area contributed by atoms with E-state index in [0.29, 0.717) is 12.8 Å². The van der Waals surface area contributed by atoms with Gasteiger partial charge in [-0.15, -0.1) is 0 Å². The number of carbonyl (C=O) groups excluding carboxylic acids is 2. The molecule has 1 fully saturated rings. The summed E-state index contributed by atoms with van der Waals surface area (Å²) < 4.78 is 0. The molecule has 0 bridgehead atoms. The zero-order valence-corrected chi connectivity index (χ0v) is 11.4. The number of amides is 2. The zero-order valence-electron chi connectivity index (χ0n) is 11.4. The van der Waals surface area contributed by atoms with Crippen LogP contribution in [0, 0.1) is 0 Å². The minimum absolute atomic E-state index is 0.000718. The highest BCUT2D eigenvalue weighted by molar-refractivity contribution is 5.84. The average molecular weight is 255 g/mol. The van der Waals surface area contributed by atoms with E-state index in [1.165, 1.54) is 0 Å². The molecular weight excluding hydrogens is 230 g/mol. The number of primary amides is 1. The van der Waals surface area contributed by atoms with E-state index < -0.39 is 5.91 Å². The van der Waals surface area contributed by atoms with Crippen LogP contribution in [0.5, 0.6) is 0 Å². The first kappa shape index (κ1) is 15.0. The van der Waals surface area contributed by atoms with E-state index in [0.717, 1.165) is 25.7 Å². The average Bonchev–Trinajstić information content (AvgIpc) is 2.74. The van der Waals surface area contributed by atoms with Crippen LogP contribution < -0.4 is 11.5 Å². The van der Waals surface area contributed by atoms with E-state index in [1.807, 2.05) is 13.8 Å². The van der Waals surface area contributed by atoms with Crippen molar-refractivity contribution in [2.24, 2.45) is 11.5 Å². The highest BCUT2D eigenvalue weighted by atomic mass is 16.2. The van der Waals surface area contributed by atoms with Gasteiger partial charge in [0.1, 0.15) is 0 Å². The third-order valence-corrected chi connectivity index (χ3v) is 3.40. The molecule has 2 amide bonds. The Morgan fingerprint density at radius 1 is 1.28 bits per heavy atom. The smallest absolute Gasteiger partial charge is 0.237 e. The molecule has 1 saturated carbocycles. The van der Waals surface area contributed by atoms with Crippen LogP contribution in [0.15, 0.2) is 0 Å². The van der Waals surface area contributed by atoms with Gasteiger partial charge in [-0.3, -0.25) is 9.59 Å². The maximum Gasteiger partial charge on any atom is 0.237 e.